The number of nitrogens with one attached hydrogen (secondary N) is 1. The van der Waals surface area contributed by atoms with Gasteiger partial charge in [-0.2, -0.15) is 0 Å². The number of halogens is 2. The quantitative estimate of drug-likeness (QED) is 0.504. The highest BCUT2D eigenvalue weighted by atomic mass is 35.5. The lowest BCUT2D eigenvalue weighted by atomic mass is 10.3. The number of amides is 1. The molecule has 0 unspecified atom stereocenters. The predicted molar refractivity (Wildman–Crippen MR) is 120 cm³/mol. The number of rotatable bonds is 7. The first-order valence-corrected chi connectivity index (χ1v) is 11.1. The second-order valence-corrected chi connectivity index (χ2v) is 8.24. The number of aromatic nitrogens is 3. The van der Waals surface area contributed by atoms with Crippen molar-refractivity contribution in [2.45, 2.75) is 18.6 Å². The highest BCUT2D eigenvalue weighted by molar-refractivity contribution is 7.99. The number of hydrogen-bond donors (Lipinski definition) is 1. The van der Waals surface area contributed by atoms with E-state index in [0.29, 0.717) is 27.5 Å². The van der Waals surface area contributed by atoms with Crippen LogP contribution in [-0.2, 0) is 11.3 Å². The van der Waals surface area contributed by atoms with Crippen molar-refractivity contribution in [2.75, 3.05) is 29.1 Å². The van der Waals surface area contributed by atoms with Crippen LogP contribution in [0.15, 0.2) is 47.6 Å². The van der Waals surface area contributed by atoms with Crippen molar-refractivity contribution in [1.82, 2.24) is 14.8 Å². The molecule has 1 aromatic heterocycles. The fourth-order valence-corrected chi connectivity index (χ4v) is 4.18. The fourth-order valence-electron chi connectivity index (χ4n) is 3.12. The van der Waals surface area contributed by atoms with Crippen molar-refractivity contribution < 1.29 is 9.53 Å². The van der Waals surface area contributed by atoms with Gasteiger partial charge in [0, 0.05) is 24.5 Å². The largest absolute Gasteiger partial charge is 0.494 e. The molecule has 1 aliphatic heterocycles. The second kappa shape index (κ2) is 9.16. The molecule has 4 rings (SSSR count). The lowest BCUT2D eigenvalue weighted by Gasteiger charge is -2.15. The van der Waals surface area contributed by atoms with Gasteiger partial charge >= 0.3 is 0 Å². The minimum Gasteiger partial charge on any atom is -0.494 e. The standard InChI is InChI=1S/C20H19Cl2N5O2S/c1-2-29-15-6-4-14(5-7-15)26-9-10-27-19(26)24-25-20(27)30-12-18(28)23-13-3-8-16(21)17(22)11-13/h3-8,11H,2,9-10,12H2,1H3,(H,23,28). The molecule has 2 heterocycles. The van der Waals surface area contributed by atoms with Crippen molar-refractivity contribution in [3.05, 3.63) is 52.5 Å². The maximum Gasteiger partial charge on any atom is 0.234 e. The number of fused-ring (bicyclic) bond motifs is 1. The van der Waals surface area contributed by atoms with Crippen LogP contribution in [0, 0.1) is 0 Å². The summed E-state index contributed by atoms with van der Waals surface area (Å²) in [6.45, 7) is 4.14. The third-order valence-corrected chi connectivity index (χ3v) is 6.19. The maximum atomic E-state index is 12.3. The van der Waals surface area contributed by atoms with Crippen LogP contribution in [0.4, 0.5) is 17.3 Å². The van der Waals surface area contributed by atoms with Crippen molar-refractivity contribution in [2.24, 2.45) is 0 Å². The van der Waals surface area contributed by atoms with Gasteiger partial charge in [-0.3, -0.25) is 9.36 Å². The van der Waals surface area contributed by atoms with Gasteiger partial charge < -0.3 is 15.0 Å². The average Bonchev–Trinajstić information content (AvgIpc) is 3.33. The molecule has 0 radical (unpaired) electrons. The van der Waals surface area contributed by atoms with Crippen LogP contribution in [0.1, 0.15) is 6.92 Å². The van der Waals surface area contributed by atoms with Crippen LogP contribution in [0.2, 0.25) is 10.0 Å². The smallest absolute Gasteiger partial charge is 0.234 e. The van der Waals surface area contributed by atoms with Gasteiger partial charge in [-0.15, -0.1) is 10.2 Å². The zero-order valence-corrected chi connectivity index (χ0v) is 18.5. The van der Waals surface area contributed by atoms with Gasteiger partial charge in [0.25, 0.3) is 0 Å². The number of carbonyl (C=O) groups is 1. The summed E-state index contributed by atoms with van der Waals surface area (Å²) in [6, 6.07) is 12.9. The summed E-state index contributed by atoms with van der Waals surface area (Å²) in [6.07, 6.45) is 0. The van der Waals surface area contributed by atoms with E-state index in [1.54, 1.807) is 18.2 Å². The topological polar surface area (TPSA) is 72.3 Å². The zero-order chi connectivity index (χ0) is 21.1. The normalized spacial score (nSPS) is 12.7. The third kappa shape index (κ3) is 4.50. The van der Waals surface area contributed by atoms with Gasteiger partial charge in [0.05, 0.1) is 22.4 Å². The van der Waals surface area contributed by atoms with Crippen molar-refractivity contribution in [3.8, 4) is 5.75 Å². The van der Waals surface area contributed by atoms with Crippen molar-refractivity contribution in [3.63, 3.8) is 0 Å². The molecule has 10 heteroatoms. The van der Waals surface area contributed by atoms with E-state index in [2.05, 4.69) is 20.4 Å². The molecule has 0 fully saturated rings. The summed E-state index contributed by atoms with van der Waals surface area (Å²) in [5.41, 5.74) is 1.63. The van der Waals surface area contributed by atoms with E-state index in [4.69, 9.17) is 27.9 Å². The summed E-state index contributed by atoms with van der Waals surface area (Å²) >= 11 is 13.2. The van der Waals surface area contributed by atoms with E-state index in [0.717, 1.165) is 30.5 Å². The van der Waals surface area contributed by atoms with Gasteiger partial charge in [0.2, 0.25) is 11.9 Å². The highest BCUT2D eigenvalue weighted by Crippen LogP contribution is 2.33. The molecule has 0 aliphatic carbocycles. The Kier molecular flexibility index (Phi) is 6.36. The molecule has 1 amide bonds. The van der Waals surface area contributed by atoms with Gasteiger partial charge in [0.1, 0.15) is 5.75 Å². The number of hydrogen-bond acceptors (Lipinski definition) is 6. The Morgan fingerprint density at radius 1 is 1.13 bits per heavy atom. The van der Waals surface area contributed by atoms with Gasteiger partial charge in [-0.05, 0) is 49.4 Å². The number of carbonyl (C=O) groups excluding carboxylic acids is 1. The predicted octanol–water partition coefficient (Wildman–Crippen LogP) is 4.87. The van der Waals surface area contributed by atoms with Crippen molar-refractivity contribution in [1.29, 1.82) is 0 Å². The Morgan fingerprint density at radius 2 is 1.93 bits per heavy atom. The molecule has 1 N–H and O–H groups in total. The minimum absolute atomic E-state index is 0.155. The molecule has 156 valence electrons. The number of anilines is 3. The molecule has 0 spiro atoms. The van der Waals surface area contributed by atoms with Gasteiger partial charge in [-0.1, -0.05) is 35.0 Å². The Labute approximate surface area is 188 Å². The molecule has 0 saturated carbocycles. The first-order chi connectivity index (χ1) is 14.5. The van der Waals surface area contributed by atoms with Crippen LogP contribution in [0.25, 0.3) is 0 Å². The number of ether oxygens (including phenoxy) is 1. The van der Waals surface area contributed by atoms with Crippen LogP contribution < -0.4 is 15.0 Å². The van der Waals surface area contributed by atoms with E-state index in [1.807, 2.05) is 35.8 Å². The van der Waals surface area contributed by atoms with E-state index in [1.165, 1.54) is 11.8 Å². The Hall–Kier alpha value is -2.42. The van der Waals surface area contributed by atoms with Crippen molar-refractivity contribution >= 4 is 58.2 Å². The molecule has 30 heavy (non-hydrogen) atoms. The summed E-state index contributed by atoms with van der Waals surface area (Å²) in [4.78, 5) is 14.4. The third-order valence-electron chi connectivity index (χ3n) is 4.48. The molecular weight excluding hydrogens is 445 g/mol. The number of thioether (sulfide) groups is 1. The zero-order valence-electron chi connectivity index (χ0n) is 16.1. The molecule has 1 aliphatic rings. The van der Waals surface area contributed by atoms with Crippen LogP contribution in [0.3, 0.4) is 0 Å². The first kappa shape index (κ1) is 20.8. The Bertz CT molecular complexity index is 1060. The fraction of sp³-hybridized carbons (Fsp3) is 0.250. The summed E-state index contributed by atoms with van der Waals surface area (Å²) in [5, 5.41) is 12.9. The highest BCUT2D eigenvalue weighted by Gasteiger charge is 2.26. The molecule has 0 saturated heterocycles. The van der Waals surface area contributed by atoms with Gasteiger partial charge in [0.15, 0.2) is 5.16 Å². The second-order valence-electron chi connectivity index (χ2n) is 6.48. The van der Waals surface area contributed by atoms with E-state index in [-0.39, 0.29) is 11.7 Å². The lowest BCUT2D eigenvalue weighted by Crippen LogP contribution is -2.14. The van der Waals surface area contributed by atoms with E-state index in [9.17, 15) is 4.79 Å². The number of benzene rings is 2. The molecule has 0 atom stereocenters. The lowest BCUT2D eigenvalue weighted by molar-refractivity contribution is -0.113. The van der Waals surface area contributed by atoms with E-state index < -0.39 is 0 Å². The maximum absolute atomic E-state index is 12.3. The average molecular weight is 464 g/mol. The summed E-state index contributed by atoms with van der Waals surface area (Å²) in [5.74, 6) is 1.66. The van der Waals surface area contributed by atoms with Gasteiger partial charge in [-0.25, -0.2) is 0 Å². The van der Waals surface area contributed by atoms with Crippen LogP contribution in [0.5, 0.6) is 5.75 Å². The SMILES string of the molecule is CCOc1ccc(N2CCn3c(SCC(=O)Nc4ccc(Cl)c(Cl)c4)nnc32)cc1. The number of nitrogens with zero attached hydrogens (tertiary/aromatic N) is 4. The van der Waals surface area contributed by atoms with Crippen LogP contribution in [-0.4, -0.2) is 39.6 Å². The summed E-state index contributed by atoms with van der Waals surface area (Å²) in [7, 11) is 0. The van der Waals surface area contributed by atoms with E-state index >= 15 is 0 Å². The van der Waals surface area contributed by atoms with Crippen LogP contribution >= 0.6 is 35.0 Å². The Balaban J connectivity index is 1.38. The molecule has 7 nitrogen and oxygen atoms in total. The molecule has 2 aromatic carbocycles. The molecule has 0 bridgehead atoms. The summed E-state index contributed by atoms with van der Waals surface area (Å²) < 4.78 is 7.52. The first-order valence-electron chi connectivity index (χ1n) is 9.36. The molecule has 3 aromatic rings. The molecular formula is C20H19Cl2N5O2S. The minimum atomic E-state index is -0.155. The Morgan fingerprint density at radius 3 is 2.67 bits per heavy atom. The monoisotopic (exact) mass is 463 g/mol.